The molecule has 0 aliphatic carbocycles. The van der Waals surface area contributed by atoms with E-state index in [2.05, 4.69) is 41.5 Å². The summed E-state index contributed by atoms with van der Waals surface area (Å²) in [7, 11) is 0. The van der Waals surface area contributed by atoms with Gasteiger partial charge in [0, 0.05) is 13.2 Å². The third kappa shape index (κ3) is 13.4. The molecule has 0 saturated heterocycles. The Morgan fingerprint density at radius 3 is 1.29 bits per heavy atom. The SMILES string of the molecule is CCCC(C)(C)CCCCOCCCCC(C)(C)CCC. The van der Waals surface area contributed by atoms with Crippen LogP contribution in [0.25, 0.3) is 0 Å². The van der Waals surface area contributed by atoms with Gasteiger partial charge in [-0.25, -0.2) is 0 Å². The van der Waals surface area contributed by atoms with E-state index in [4.69, 9.17) is 4.74 Å². The van der Waals surface area contributed by atoms with E-state index in [1.807, 2.05) is 0 Å². The standard InChI is InChI=1S/C20H42O/c1-7-13-19(3,4)15-9-11-17-21-18-12-10-16-20(5,6)14-8-2/h7-18H2,1-6H3. The first kappa shape index (κ1) is 21.0. The molecule has 0 amide bonds. The highest BCUT2D eigenvalue weighted by atomic mass is 16.5. The van der Waals surface area contributed by atoms with Gasteiger partial charge in [-0.1, -0.05) is 67.2 Å². The number of unbranched alkanes of at least 4 members (excludes halogenated alkanes) is 2. The zero-order chi connectivity index (χ0) is 16.2. The predicted octanol–water partition coefficient (Wildman–Crippen LogP) is 7.00. The summed E-state index contributed by atoms with van der Waals surface area (Å²) in [6.07, 6.45) is 13.1. The quantitative estimate of drug-likeness (QED) is 0.314. The number of hydrogen-bond donors (Lipinski definition) is 0. The van der Waals surface area contributed by atoms with Crippen LogP contribution in [-0.2, 0) is 4.74 Å². The van der Waals surface area contributed by atoms with Crippen LogP contribution in [0.3, 0.4) is 0 Å². The van der Waals surface area contributed by atoms with Crippen molar-refractivity contribution in [3.05, 3.63) is 0 Å². The highest BCUT2D eigenvalue weighted by Gasteiger charge is 2.16. The van der Waals surface area contributed by atoms with E-state index in [1.165, 1.54) is 64.2 Å². The van der Waals surface area contributed by atoms with Crippen molar-refractivity contribution in [1.29, 1.82) is 0 Å². The molecule has 0 aliphatic rings. The van der Waals surface area contributed by atoms with E-state index in [0.29, 0.717) is 10.8 Å². The zero-order valence-electron chi connectivity index (χ0n) is 15.9. The van der Waals surface area contributed by atoms with Gasteiger partial charge in [-0.3, -0.25) is 0 Å². The van der Waals surface area contributed by atoms with Crippen LogP contribution in [0, 0.1) is 10.8 Å². The Bertz CT molecular complexity index is 206. The molecule has 0 aromatic heterocycles. The molecule has 128 valence electrons. The van der Waals surface area contributed by atoms with Crippen molar-refractivity contribution >= 4 is 0 Å². The van der Waals surface area contributed by atoms with E-state index in [-0.39, 0.29) is 0 Å². The maximum Gasteiger partial charge on any atom is 0.0466 e. The number of rotatable bonds is 14. The van der Waals surface area contributed by atoms with E-state index in [1.54, 1.807) is 0 Å². The van der Waals surface area contributed by atoms with Crippen molar-refractivity contribution in [2.75, 3.05) is 13.2 Å². The van der Waals surface area contributed by atoms with Crippen LogP contribution in [0.15, 0.2) is 0 Å². The van der Waals surface area contributed by atoms with Crippen molar-refractivity contribution in [1.82, 2.24) is 0 Å². The van der Waals surface area contributed by atoms with Crippen molar-refractivity contribution in [2.45, 2.75) is 106 Å². The fourth-order valence-corrected chi connectivity index (χ4v) is 3.32. The van der Waals surface area contributed by atoms with E-state index >= 15 is 0 Å². The fraction of sp³-hybridized carbons (Fsp3) is 1.00. The Kier molecular flexibility index (Phi) is 11.5. The van der Waals surface area contributed by atoms with Gasteiger partial charge < -0.3 is 4.74 Å². The van der Waals surface area contributed by atoms with Gasteiger partial charge in [0.15, 0.2) is 0 Å². The average Bonchev–Trinajstić information content (AvgIpc) is 2.36. The van der Waals surface area contributed by atoms with Crippen molar-refractivity contribution in [2.24, 2.45) is 10.8 Å². The second kappa shape index (κ2) is 11.5. The minimum Gasteiger partial charge on any atom is -0.381 e. The molecule has 0 bridgehead atoms. The second-order valence-electron chi connectivity index (χ2n) is 8.36. The number of ether oxygens (including phenoxy) is 1. The topological polar surface area (TPSA) is 9.23 Å². The third-order valence-corrected chi connectivity index (χ3v) is 4.64. The summed E-state index contributed by atoms with van der Waals surface area (Å²) < 4.78 is 5.78. The molecule has 0 N–H and O–H groups in total. The minimum absolute atomic E-state index is 0.527. The van der Waals surface area contributed by atoms with Crippen LogP contribution in [0.4, 0.5) is 0 Å². The Morgan fingerprint density at radius 2 is 0.952 bits per heavy atom. The van der Waals surface area contributed by atoms with Gasteiger partial charge in [-0.05, 0) is 49.4 Å². The molecular formula is C20H42O. The molecule has 0 atom stereocenters. The molecule has 0 aromatic rings. The van der Waals surface area contributed by atoms with Crippen LogP contribution in [0.1, 0.15) is 106 Å². The molecular weight excluding hydrogens is 256 g/mol. The first-order valence-corrected chi connectivity index (χ1v) is 9.41. The molecule has 1 heteroatoms. The normalized spacial score (nSPS) is 12.9. The predicted molar refractivity (Wildman–Crippen MR) is 95.9 cm³/mol. The molecule has 21 heavy (non-hydrogen) atoms. The molecule has 0 rings (SSSR count). The Labute approximate surface area is 135 Å². The molecule has 1 nitrogen and oxygen atoms in total. The van der Waals surface area contributed by atoms with Crippen LogP contribution in [0.5, 0.6) is 0 Å². The van der Waals surface area contributed by atoms with Crippen LogP contribution < -0.4 is 0 Å². The zero-order valence-corrected chi connectivity index (χ0v) is 15.9. The van der Waals surface area contributed by atoms with E-state index < -0.39 is 0 Å². The van der Waals surface area contributed by atoms with Crippen LogP contribution in [-0.4, -0.2) is 13.2 Å². The molecule has 0 heterocycles. The average molecular weight is 299 g/mol. The van der Waals surface area contributed by atoms with Gasteiger partial charge in [0.2, 0.25) is 0 Å². The Balaban J connectivity index is 3.37. The lowest BCUT2D eigenvalue weighted by Gasteiger charge is -2.24. The summed E-state index contributed by atoms with van der Waals surface area (Å²) in [6.45, 7) is 16.1. The molecule has 0 aromatic carbocycles. The first-order valence-electron chi connectivity index (χ1n) is 9.41. The van der Waals surface area contributed by atoms with Crippen molar-refractivity contribution in [3.8, 4) is 0 Å². The van der Waals surface area contributed by atoms with Gasteiger partial charge in [0.25, 0.3) is 0 Å². The highest BCUT2D eigenvalue weighted by molar-refractivity contribution is 4.68. The highest BCUT2D eigenvalue weighted by Crippen LogP contribution is 2.29. The third-order valence-electron chi connectivity index (χ3n) is 4.64. The van der Waals surface area contributed by atoms with Crippen molar-refractivity contribution < 1.29 is 4.74 Å². The maximum absolute atomic E-state index is 5.78. The molecule has 0 radical (unpaired) electrons. The summed E-state index contributed by atoms with van der Waals surface area (Å²) in [6, 6.07) is 0. The maximum atomic E-state index is 5.78. The Hall–Kier alpha value is -0.0400. The summed E-state index contributed by atoms with van der Waals surface area (Å²) >= 11 is 0. The van der Waals surface area contributed by atoms with Gasteiger partial charge in [0.1, 0.15) is 0 Å². The molecule has 0 spiro atoms. The van der Waals surface area contributed by atoms with Gasteiger partial charge >= 0.3 is 0 Å². The van der Waals surface area contributed by atoms with Gasteiger partial charge in [-0.2, -0.15) is 0 Å². The lowest BCUT2D eigenvalue weighted by molar-refractivity contribution is 0.119. The van der Waals surface area contributed by atoms with Crippen LogP contribution in [0.2, 0.25) is 0 Å². The first-order chi connectivity index (χ1) is 9.83. The Morgan fingerprint density at radius 1 is 0.571 bits per heavy atom. The summed E-state index contributed by atoms with van der Waals surface area (Å²) in [4.78, 5) is 0. The van der Waals surface area contributed by atoms with Gasteiger partial charge in [0.05, 0.1) is 0 Å². The fourth-order valence-electron chi connectivity index (χ4n) is 3.32. The second-order valence-corrected chi connectivity index (χ2v) is 8.36. The smallest absolute Gasteiger partial charge is 0.0466 e. The summed E-state index contributed by atoms with van der Waals surface area (Å²) in [5.41, 5.74) is 1.05. The van der Waals surface area contributed by atoms with E-state index in [0.717, 1.165) is 13.2 Å². The lowest BCUT2D eigenvalue weighted by atomic mass is 9.83. The van der Waals surface area contributed by atoms with E-state index in [9.17, 15) is 0 Å². The van der Waals surface area contributed by atoms with Gasteiger partial charge in [-0.15, -0.1) is 0 Å². The molecule has 0 fully saturated rings. The molecule has 0 aliphatic heterocycles. The number of hydrogen-bond acceptors (Lipinski definition) is 1. The minimum atomic E-state index is 0.527. The summed E-state index contributed by atoms with van der Waals surface area (Å²) in [5, 5.41) is 0. The van der Waals surface area contributed by atoms with Crippen LogP contribution >= 0.6 is 0 Å². The molecule has 0 saturated carbocycles. The largest absolute Gasteiger partial charge is 0.381 e. The van der Waals surface area contributed by atoms with Crippen molar-refractivity contribution in [3.63, 3.8) is 0 Å². The summed E-state index contributed by atoms with van der Waals surface area (Å²) in [5.74, 6) is 0. The monoisotopic (exact) mass is 298 g/mol. The lowest BCUT2D eigenvalue weighted by Crippen LogP contribution is -2.11. The molecule has 0 unspecified atom stereocenters.